The third-order valence-corrected chi connectivity index (χ3v) is 5.79. The van der Waals surface area contributed by atoms with Crippen LogP contribution in [0.3, 0.4) is 0 Å². The van der Waals surface area contributed by atoms with E-state index >= 15 is 0 Å². The van der Waals surface area contributed by atoms with Crippen molar-refractivity contribution in [1.82, 2.24) is 0 Å². The van der Waals surface area contributed by atoms with E-state index < -0.39 is 17.9 Å². The first kappa shape index (κ1) is 20.6. The molecule has 0 bridgehead atoms. The minimum absolute atomic E-state index is 0.00639. The quantitative estimate of drug-likeness (QED) is 0.322. The summed E-state index contributed by atoms with van der Waals surface area (Å²) in [6.45, 7) is 0. The Morgan fingerprint density at radius 3 is 2.10 bits per heavy atom. The van der Waals surface area contributed by atoms with Crippen LogP contribution >= 0.6 is 22.7 Å². The molecular weight excluding hydrogens is 416 g/mol. The van der Waals surface area contributed by atoms with Gasteiger partial charge < -0.3 is 18.6 Å². The van der Waals surface area contributed by atoms with Crippen LogP contribution in [0.25, 0.3) is 27.4 Å². The van der Waals surface area contributed by atoms with Gasteiger partial charge in [0.05, 0.1) is 31.1 Å². The van der Waals surface area contributed by atoms with Crippen LogP contribution in [-0.4, -0.2) is 39.2 Å². The molecule has 3 aromatic rings. The van der Waals surface area contributed by atoms with Gasteiger partial charge in [0.15, 0.2) is 11.5 Å². The second kappa shape index (κ2) is 8.89. The first-order chi connectivity index (χ1) is 14.0. The summed E-state index contributed by atoms with van der Waals surface area (Å²) in [4.78, 5) is 38.3. The lowest BCUT2D eigenvalue weighted by atomic mass is 10.1. The van der Waals surface area contributed by atoms with Gasteiger partial charge in [0.25, 0.3) is 0 Å². The fraction of sp³-hybridized carbons (Fsp3) is 0.150. The largest absolute Gasteiger partial charge is 0.466 e. The molecule has 3 rings (SSSR count). The first-order valence-electron chi connectivity index (χ1n) is 8.23. The van der Waals surface area contributed by atoms with Crippen molar-refractivity contribution in [2.75, 3.05) is 21.3 Å². The zero-order chi connectivity index (χ0) is 21.0. The van der Waals surface area contributed by atoms with Crippen molar-refractivity contribution in [2.45, 2.75) is 0 Å². The second-order valence-corrected chi connectivity index (χ2v) is 7.59. The lowest BCUT2D eigenvalue weighted by molar-refractivity contribution is -0.134. The fourth-order valence-corrected chi connectivity index (χ4v) is 4.17. The van der Waals surface area contributed by atoms with Crippen LogP contribution in [0.1, 0.15) is 25.6 Å². The van der Waals surface area contributed by atoms with E-state index in [1.54, 1.807) is 24.3 Å². The van der Waals surface area contributed by atoms with Crippen LogP contribution in [0, 0.1) is 0 Å². The Balaban J connectivity index is 2.17. The van der Waals surface area contributed by atoms with Gasteiger partial charge in [-0.1, -0.05) is 6.07 Å². The summed E-state index contributed by atoms with van der Waals surface area (Å²) in [6, 6.07) is 7.07. The van der Waals surface area contributed by atoms with E-state index in [1.807, 2.05) is 11.4 Å². The molecule has 0 saturated carbocycles. The molecule has 0 N–H and O–H groups in total. The molecule has 0 atom stereocenters. The Bertz CT molecular complexity index is 1070. The van der Waals surface area contributed by atoms with E-state index in [2.05, 4.69) is 4.74 Å². The zero-order valence-corrected chi connectivity index (χ0v) is 17.3. The number of thiophene rings is 2. The summed E-state index contributed by atoms with van der Waals surface area (Å²) in [5.74, 6) is -1.47. The molecule has 0 aliphatic carbocycles. The number of hydrogen-bond donors (Lipinski definition) is 0. The maximum absolute atomic E-state index is 12.5. The minimum atomic E-state index is -0.716. The van der Waals surface area contributed by atoms with Crippen molar-refractivity contribution in [1.29, 1.82) is 0 Å². The summed E-state index contributed by atoms with van der Waals surface area (Å²) >= 11 is 2.64. The molecule has 3 aromatic heterocycles. The standard InChI is InChI=1S/C20H16O7S2/c1-24-14(21)9-7-11-6-8-13(29-11)18-16(20(23)26-3)15(19(22)25-2)17(27-18)12-5-4-10-28-12/h4-10H,1-3H3/b9-7+. The Morgan fingerprint density at radius 2 is 1.55 bits per heavy atom. The van der Waals surface area contributed by atoms with Gasteiger partial charge in [-0.25, -0.2) is 14.4 Å². The highest BCUT2D eigenvalue weighted by atomic mass is 32.1. The molecule has 0 aliphatic rings. The first-order valence-corrected chi connectivity index (χ1v) is 9.93. The van der Waals surface area contributed by atoms with Crippen LogP contribution in [0.15, 0.2) is 40.1 Å². The summed E-state index contributed by atoms with van der Waals surface area (Å²) in [5.41, 5.74) is 0.00458. The summed E-state index contributed by atoms with van der Waals surface area (Å²) in [5, 5.41) is 1.83. The lowest BCUT2D eigenvalue weighted by Crippen LogP contribution is -2.11. The maximum atomic E-state index is 12.5. The minimum Gasteiger partial charge on any atom is -0.466 e. The SMILES string of the molecule is COC(=O)/C=C/c1ccc(-c2oc(-c3cccs3)c(C(=O)OC)c2C(=O)OC)s1. The van der Waals surface area contributed by atoms with E-state index in [1.165, 1.54) is 50.1 Å². The number of ether oxygens (including phenoxy) is 3. The Hall–Kier alpha value is -3.17. The summed E-state index contributed by atoms with van der Waals surface area (Å²) < 4.78 is 20.3. The van der Waals surface area contributed by atoms with Gasteiger partial charge in [-0.05, 0) is 29.7 Å². The van der Waals surface area contributed by atoms with Crippen LogP contribution in [-0.2, 0) is 19.0 Å². The summed E-state index contributed by atoms with van der Waals surface area (Å²) in [6.07, 6.45) is 2.87. The molecule has 0 aliphatic heterocycles. The third kappa shape index (κ3) is 4.15. The molecule has 0 fully saturated rings. The number of rotatable bonds is 6. The van der Waals surface area contributed by atoms with Gasteiger partial charge in [0, 0.05) is 11.0 Å². The van der Waals surface area contributed by atoms with E-state index in [9.17, 15) is 14.4 Å². The Kier molecular flexibility index (Phi) is 6.30. The van der Waals surface area contributed by atoms with Gasteiger partial charge in [-0.15, -0.1) is 22.7 Å². The van der Waals surface area contributed by atoms with E-state index in [0.29, 0.717) is 9.75 Å². The Labute approximate surface area is 174 Å². The summed E-state index contributed by atoms with van der Waals surface area (Å²) in [7, 11) is 3.75. The van der Waals surface area contributed by atoms with E-state index in [0.717, 1.165) is 4.88 Å². The molecule has 0 radical (unpaired) electrons. The smallest absolute Gasteiger partial charge is 0.342 e. The zero-order valence-electron chi connectivity index (χ0n) is 15.7. The number of furan rings is 1. The van der Waals surface area contributed by atoms with Crippen LogP contribution in [0.4, 0.5) is 0 Å². The van der Waals surface area contributed by atoms with E-state index in [-0.39, 0.29) is 22.6 Å². The molecule has 0 amide bonds. The second-order valence-electron chi connectivity index (χ2n) is 5.53. The molecular formula is C20H16O7S2. The maximum Gasteiger partial charge on any atom is 0.342 e. The van der Waals surface area contributed by atoms with Crippen LogP contribution in [0.2, 0.25) is 0 Å². The molecule has 7 nitrogen and oxygen atoms in total. The van der Waals surface area contributed by atoms with Crippen molar-refractivity contribution in [2.24, 2.45) is 0 Å². The van der Waals surface area contributed by atoms with Crippen LogP contribution in [0.5, 0.6) is 0 Å². The number of carbonyl (C=O) groups is 3. The number of esters is 3. The van der Waals surface area contributed by atoms with Gasteiger partial charge in [0.2, 0.25) is 0 Å². The number of methoxy groups -OCH3 is 3. The fourth-order valence-electron chi connectivity index (χ4n) is 2.56. The molecule has 3 heterocycles. The molecule has 0 aromatic carbocycles. The highest BCUT2D eigenvalue weighted by Gasteiger charge is 2.33. The van der Waals surface area contributed by atoms with E-state index in [4.69, 9.17) is 13.9 Å². The predicted molar refractivity (Wildman–Crippen MR) is 109 cm³/mol. The van der Waals surface area contributed by atoms with Crippen molar-refractivity contribution >= 4 is 46.7 Å². The average Bonchev–Trinajstić information content (AvgIpc) is 3.49. The molecule has 150 valence electrons. The third-order valence-electron chi connectivity index (χ3n) is 3.87. The Morgan fingerprint density at radius 1 is 0.897 bits per heavy atom. The lowest BCUT2D eigenvalue weighted by Gasteiger charge is -2.02. The molecule has 0 unspecified atom stereocenters. The van der Waals surface area contributed by atoms with Gasteiger partial charge >= 0.3 is 17.9 Å². The topological polar surface area (TPSA) is 92.0 Å². The average molecular weight is 432 g/mol. The van der Waals surface area contributed by atoms with Crippen molar-refractivity contribution in [3.8, 4) is 21.3 Å². The van der Waals surface area contributed by atoms with Crippen molar-refractivity contribution in [3.05, 3.63) is 51.7 Å². The van der Waals surface area contributed by atoms with Crippen molar-refractivity contribution < 1.29 is 33.0 Å². The normalized spacial score (nSPS) is 10.9. The highest BCUT2D eigenvalue weighted by molar-refractivity contribution is 7.16. The van der Waals surface area contributed by atoms with Crippen LogP contribution < -0.4 is 0 Å². The molecule has 29 heavy (non-hydrogen) atoms. The van der Waals surface area contributed by atoms with Crippen molar-refractivity contribution in [3.63, 3.8) is 0 Å². The monoisotopic (exact) mass is 432 g/mol. The number of hydrogen-bond acceptors (Lipinski definition) is 9. The number of carbonyl (C=O) groups excluding carboxylic acids is 3. The van der Waals surface area contributed by atoms with Gasteiger partial charge in [-0.3, -0.25) is 0 Å². The van der Waals surface area contributed by atoms with Gasteiger partial charge in [0.1, 0.15) is 11.1 Å². The molecule has 9 heteroatoms. The predicted octanol–water partition coefficient (Wildman–Crippen LogP) is 4.50. The molecule has 0 spiro atoms. The molecule has 0 saturated heterocycles. The highest BCUT2D eigenvalue weighted by Crippen LogP contribution is 2.42. The van der Waals surface area contributed by atoms with Gasteiger partial charge in [-0.2, -0.15) is 0 Å².